The van der Waals surface area contributed by atoms with E-state index in [2.05, 4.69) is 13.0 Å². The van der Waals surface area contributed by atoms with Crippen molar-refractivity contribution in [3.63, 3.8) is 0 Å². The van der Waals surface area contributed by atoms with Gasteiger partial charge >= 0.3 is 0 Å². The predicted molar refractivity (Wildman–Crippen MR) is 83.5 cm³/mol. The summed E-state index contributed by atoms with van der Waals surface area (Å²) >= 11 is 3.06. The Balaban J connectivity index is 1.84. The Morgan fingerprint density at radius 2 is 1.90 bits per heavy atom. The van der Waals surface area contributed by atoms with Crippen LogP contribution in [0.2, 0.25) is 0 Å². The number of halogens is 1. The van der Waals surface area contributed by atoms with E-state index in [0.717, 1.165) is 21.4 Å². The Hall–Kier alpha value is -1.52. The molecule has 3 aromatic rings. The maximum atomic E-state index is 13.2. The summed E-state index contributed by atoms with van der Waals surface area (Å²) in [6, 6.07) is 10.6. The molecule has 1 nitrogen and oxygen atoms in total. The van der Waals surface area contributed by atoms with E-state index in [1.807, 2.05) is 12.1 Å². The van der Waals surface area contributed by atoms with E-state index in [4.69, 9.17) is 0 Å². The molecule has 4 heteroatoms. The minimum Gasteiger partial charge on any atom is -0.293 e. The van der Waals surface area contributed by atoms with E-state index in [1.165, 1.54) is 28.3 Å². The standard InChI is InChI=1S/C16H13FOS2/c1-2-12-5-6-13(19-12)9-14(18)16-7-10-3-4-11(17)8-15(10)20-16/h3-8H,2,9H2,1H3. The van der Waals surface area contributed by atoms with Crippen LogP contribution in [0.1, 0.15) is 26.3 Å². The van der Waals surface area contributed by atoms with Crippen LogP contribution in [0.25, 0.3) is 10.1 Å². The molecule has 102 valence electrons. The average Bonchev–Trinajstić information content (AvgIpc) is 3.04. The number of carbonyl (C=O) groups excluding carboxylic acids is 1. The van der Waals surface area contributed by atoms with Crippen LogP contribution >= 0.6 is 22.7 Å². The third kappa shape index (κ3) is 2.67. The molecule has 0 amide bonds. The fraction of sp³-hybridized carbons (Fsp3) is 0.188. The van der Waals surface area contributed by atoms with Crippen LogP contribution in [0.15, 0.2) is 36.4 Å². The van der Waals surface area contributed by atoms with E-state index in [0.29, 0.717) is 11.3 Å². The van der Waals surface area contributed by atoms with E-state index in [1.54, 1.807) is 17.4 Å². The van der Waals surface area contributed by atoms with Crippen LogP contribution in [0.3, 0.4) is 0 Å². The fourth-order valence-electron chi connectivity index (χ4n) is 2.10. The monoisotopic (exact) mass is 304 g/mol. The summed E-state index contributed by atoms with van der Waals surface area (Å²) < 4.78 is 14.0. The van der Waals surface area contributed by atoms with E-state index in [9.17, 15) is 9.18 Å². The number of fused-ring (bicyclic) bond motifs is 1. The highest BCUT2D eigenvalue weighted by molar-refractivity contribution is 7.21. The van der Waals surface area contributed by atoms with Crippen LogP contribution in [0.5, 0.6) is 0 Å². The van der Waals surface area contributed by atoms with Crippen molar-refractivity contribution in [2.75, 3.05) is 0 Å². The van der Waals surface area contributed by atoms with E-state index < -0.39 is 0 Å². The van der Waals surface area contributed by atoms with Gasteiger partial charge in [0, 0.05) is 20.9 Å². The number of ketones is 1. The first-order chi connectivity index (χ1) is 9.65. The minimum absolute atomic E-state index is 0.108. The molecular weight excluding hydrogens is 291 g/mol. The van der Waals surface area contributed by atoms with Crippen molar-refractivity contribution in [2.45, 2.75) is 19.8 Å². The second-order valence-corrected chi connectivity index (χ2v) is 6.95. The van der Waals surface area contributed by atoms with Gasteiger partial charge in [-0.2, -0.15) is 0 Å². The molecule has 2 heterocycles. The Labute approximate surface area is 124 Å². The van der Waals surface area contributed by atoms with Crippen LogP contribution in [-0.4, -0.2) is 5.78 Å². The number of Topliss-reactive ketones (excluding diaryl/α,β-unsaturated/α-hetero) is 1. The van der Waals surface area contributed by atoms with Gasteiger partial charge in [-0.25, -0.2) is 4.39 Å². The second kappa shape index (κ2) is 5.46. The van der Waals surface area contributed by atoms with E-state index >= 15 is 0 Å². The summed E-state index contributed by atoms with van der Waals surface area (Å²) in [6.07, 6.45) is 1.43. The van der Waals surface area contributed by atoms with Crippen molar-refractivity contribution < 1.29 is 9.18 Å². The van der Waals surface area contributed by atoms with Crippen LogP contribution in [0.4, 0.5) is 4.39 Å². The zero-order chi connectivity index (χ0) is 14.1. The molecule has 0 radical (unpaired) electrons. The van der Waals surface area contributed by atoms with Crippen molar-refractivity contribution in [3.8, 4) is 0 Å². The summed E-state index contributed by atoms with van der Waals surface area (Å²) in [6.45, 7) is 2.11. The lowest BCUT2D eigenvalue weighted by atomic mass is 10.2. The number of carbonyl (C=O) groups is 1. The highest BCUT2D eigenvalue weighted by Gasteiger charge is 2.12. The molecule has 0 saturated heterocycles. The number of hydrogen-bond donors (Lipinski definition) is 0. The summed E-state index contributed by atoms with van der Waals surface area (Å²) in [5, 5.41) is 0.931. The van der Waals surface area contributed by atoms with Gasteiger partial charge in [-0.3, -0.25) is 4.79 Å². The Morgan fingerprint density at radius 3 is 2.65 bits per heavy atom. The highest BCUT2D eigenvalue weighted by atomic mass is 32.1. The van der Waals surface area contributed by atoms with Gasteiger partial charge in [-0.05, 0) is 42.1 Å². The molecule has 3 rings (SSSR count). The summed E-state index contributed by atoms with van der Waals surface area (Å²) in [5.41, 5.74) is 0. The van der Waals surface area contributed by atoms with Crippen molar-refractivity contribution in [1.82, 2.24) is 0 Å². The fourth-order valence-corrected chi connectivity index (χ4v) is 4.08. The molecule has 0 N–H and O–H groups in total. The molecule has 0 atom stereocenters. The summed E-state index contributed by atoms with van der Waals surface area (Å²) in [5.74, 6) is -0.152. The molecule has 1 aromatic carbocycles. The van der Waals surface area contributed by atoms with Gasteiger partial charge in [0.2, 0.25) is 0 Å². The zero-order valence-electron chi connectivity index (χ0n) is 11.0. The maximum Gasteiger partial charge on any atom is 0.178 e. The summed E-state index contributed by atoms with van der Waals surface area (Å²) in [7, 11) is 0. The molecule has 0 aliphatic heterocycles. The van der Waals surface area contributed by atoms with Gasteiger partial charge in [0.1, 0.15) is 5.82 Å². The molecule has 0 spiro atoms. The van der Waals surface area contributed by atoms with Crippen LogP contribution in [0, 0.1) is 5.82 Å². The van der Waals surface area contributed by atoms with Gasteiger partial charge < -0.3 is 0 Å². The Kier molecular flexibility index (Phi) is 3.68. The van der Waals surface area contributed by atoms with Gasteiger partial charge in [-0.1, -0.05) is 13.0 Å². The van der Waals surface area contributed by atoms with Gasteiger partial charge in [0.25, 0.3) is 0 Å². The SMILES string of the molecule is CCc1ccc(CC(=O)c2cc3ccc(F)cc3s2)s1. The lowest BCUT2D eigenvalue weighted by molar-refractivity contribution is 0.0997. The van der Waals surface area contributed by atoms with Crippen molar-refractivity contribution in [2.24, 2.45) is 0 Å². The zero-order valence-corrected chi connectivity index (χ0v) is 12.6. The number of rotatable bonds is 4. The lowest BCUT2D eigenvalue weighted by Gasteiger charge is -1.94. The molecule has 0 bridgehead atoms. The first-order valence-electron chi connectivity index (χ1n) is 6.45. The van der Waals surface area contributed by atoms with Crippen molar-refractivity contribution in [1.29, 1.82) is 0 Å². The normalized spacial score (nSPS) is 11.1. The second-order valence-electron chi connectivity index (χ2n) is 4.61. The topological polar surface area (TPSA) is 17.1 Å². The molecule has 0 aliphatic rings. The number of thiophene rings is 2. The van der Waals surface area contributed by atoms with Gasteiger partial charge in [-0.15, -0.1) is 22.7 Å². The first-order valence-corrected chi connectivity index (χ1v) is 8.09. The molecule has 20 heavy (non-hydrogen) atoms. The Morgan fingerprint density at radius 1 is 1.10 bits per heavy atom. The van der Waals surface area contributed by atoms with Crippen molar-refractivity contribution in [3.05, 3.63) is 56.8 Å². The molecule has 0 fully saturated rings. The molecule has 0 aliphatic carbocycles. The number of benzene rings is 1. The predicted octanol–water partition coefficient (Wildman–Crippen LogP) is 5.09. The molecule has 2 aromatic heterocycles. The van der Waals surface area contributed by atoms with Gasteiger partial charge in [0.05, 0.1) is 4.88 Å². The molecule has 0 saturated carbocycles. The largest absolute Gasteiger partial charge is 0.293 e. The minimum atomic E-state index is -0.260. The highest BCUT2D eigenvalue weighted by Crippen LogP contribution is 2.28. The lowest BCUT2D eigenvalue weighted by Crippen LogP contribution is -1.98. The average molecular weight is 304 g/mol. The summed E-state index contributed by atoms with van der Waals surface area (Å²) in [4.78, 5) is 15.4. The van der Waals surface area contributed by atoms with Gasteiger partial charge in [0.15, 0.2) is 5.78 Å². The number of hydrogen-bond acceptors (Lipinski definition) is 3. The maximum absolute atomic E-state index is 13.2. The van der Waals surface area contributed by atoms with Crippen LogP contribution in [-0.2, 0) is 12.8 Å². The third-order valence-corrected chi connectivity index (χ3v) is 5.53. The molecule has 0 unspecified atom stereocenters. The first kappa shape index (κ1) is 13.5. The Bertz CT molecular complexity index is 770. The number of aryl methyl sites for hydroxylation is 1. The smallest absolute Gasteiger partial charge is 0.178 e. The van der Waals surface area contributed by atoms with E-state index in [-0.39, 0.29) is 11.6 Å². The quantitative estimate of drug-likeness (QED) is 0.614. The van der Waals surface area contributed by atoms with Crippen molar-refractivity contribution >= 4 is 38.5 Å². The molecular formula is C16H13FOS2. The third-order valence-electron chi connectivity index (χ3n) is 3.16. The van der Waals surface area contributed by atoms with Crippen LogP contribution < -0.4 is 0 Å².